The van der Waals surface area contributed by atoms with Crippen LogP contribution in [0.5, 0.6) is 5.75 Å². The molecule has 1 heterocycles. The van der Waals surface area contributed by atoms with Crippen molar-refractivity contribution in [2.45, 2.75) is 52.8 Å². The van der Waals surface area contributed by atoms with Gasteiger partial charge in [0, 0.05) is 19.0 Å². The molecule has 5 heteroatoms. The molecule has 5 nitrogen and oxygen atoms in total. The number of benzene rings is 3. The van der Waals surface area contributed by atoms with Gasteiger partial charge < -0.3 is 15.0 Å². The molecule has 2 atom stereocenters. The number of nitrogens with zero attached hydrogens (tertiary/aromatic N) is 1. The molecule has 1 aliphatic rings. The van der Waals surface area contributed by atoms with Crippen molar-refractivity contribution in [1.29, 1.82) is 0 Å². The molecule has 0 bridgehead atoms. The van der Waals surface area contributed by atoms with Gasteiger partial charge in [0.1, 0.15) is 5.75 Å². The molecule has 0 aromatic heterocycles. The molecule has 182 valence electrons. The highest BCUT2D eigenvalue weighted by atomic mass is 16.5. The van der Waals surface area contributed by atoms with E-state index in [9.17, 15) is 9.59 Å². The lowest BCUT2D eigenvalue weighted by atomic mass is 9.87. The summed E-state index contributed by atoms with van der Waals surface area (Å²) in [5.41, 5.74) is 5.55. The SMILES string of the molecule is Cc1cccc(CNC(=O)[C@@H](C)Oc2ccc3c(c2)[C@@H](c2ccccc2)N(C(=O)C(C)C)CC3)c1. The highest BCUT2D eigenvalue weighted by Crippen LogP contribution is 2.38. The summed E-state index contributed by atoms with van der Waals surface area (Å²) >= 11 is 0. The number of hydrogen-bond acceptors (Lipinski definition) is 3. The number of fused-ring (bicyclic) bond motifs is 1. The van der Waals surface area contributed by atoms with E-state index < -0.39 is 6.10 Å². The van der Waals surface area contributed by atoms with Crippen LogP contribution >= 0.6 is 0 Å². The van der Waals surface area contributed by atoms with Crippen molar-refractivity contribution in [2.75, 3.05) is 6.54 Å². The van der Waals surface area contributed by atoms with Gasteiger partial charge in [-0.25, -0.2) is 0 Å². The molecule has 0 radical (unpaired) electrons. The van der Waals surface area contributed by atoms with E-state index in [1.807, 2.05) is 74.2 Å². The second-order valence-electron chi connectivity index (χ2n) is 9.58. The minimum absolute atomic E-state index is 0.0840. The highest BCUT2D eigenvalue weighted by Gasteiger charge is 2.33. The van der Waals surface area contributed by atoms with Crippen LogP contribution in [0.25, 0.3) is 0 Å². The van der Waals surface area contributed by atoms with Crippen LogP contribution in [0.3, 0.4) is 0 Å². The summed E-state index contributed by atoms with van der Waals surface area (Å²) in [7, 11) is 0. The second kappa shape index (κ2) is 10.8. The Kier molecular flexibility index (Phi) is 7.54. The van der Waals surface area contributed by atoms with Gasteiger partial charge in [-0.3, -0.25) is 9.59 Å². The van der Waals surface area contributed by atoms with Crippen molar-refractivity contribution >= 4 is 11.8 Å². The fraction of sp³-hybridized carbons (Fsp3) is 0.333. The van der Waals surface area contributed by atoms with Gasteiger partial charge >= 0.3 is 0 Å². The molecule has 0 spiro atoms. The third kappa shape index (κ3) is 5.73. The fourth-order valence-electron chi connectivity index (χ4n) is 4.64. The molecule has 0 unspecified atom stereocenters. The van der Waals surface area contributed by atoms with Crippen molar-refractivity contribution in [3.05, 3.63) is 101 Å². The van der Waals surface area contributed by atoms with Gasteiger partial charge in [-0.2, -0.15) is 0 Å². The molecule has 1 aliphatic heterocycles. The van der Waals surface area contributed by atoms with Crippen LogP contribution in [0.4, 0.5) is 0 Å². The Hall–Kier alpha value is -3.60. The molecule has 0 saturated heterocycles. The number of carbonyl (C=O) groups is 2. The van der Waals surface area contributed by atoms with Gasteiger partial charge in [0.2, 0.25) is 5.91 Å². The van der Waals surface area contributed by atoms with Crippen LogP contribution in [0.2, 0.25) is 0 Å². The topological polar surface area (TPSA) is 58.6 Å². The lowest BCUT2D eigenvalue weighted by molar-refractivity contribution is -0.136. The van der Waals surface area contributed by atoms with Crippen molar-refractivity contribution < 1.29 is 14.3 Å². The fourth-order valence-corrected chi connectivity index (χ4v) is 4.64. The Morgan fingerprint density at radius 3 is 2.49 bits per heavy atom. The summed E-state index contributed by atoms with van der Waals surface area (Å²) in [5.74, 6) is 0.515. The Bertz CT molecular complexity index is 1190. The summed E-state index contributed by atoms with van der Waals surface area (Å²) in [4.78, 5) is 27.8. The molecule has 0 fully saturated rings. The van der Waals surface area contributed by atoms with E-state index in [4.69, 9.17) is 4.74 Å². The average Bonchev–Trinajstić information content (AvgIpc) is 2.86. The van der Waals surface area contributed by atoms with Crippen LogP contribution in [0.1, 0.15) is 54.6 Å². The summed E-state index contributed by atoms with van der Waals surface area (Å²) in [6.45, 7) is 8.81. The Morgan fingerprint density at radius 2 is 1.77 bits per heavy atom. The lowest BCUT2D eigenvalue weighted by Gasteiger charge is -2.39. The van der Waals surface area contributed by atoms with Crippen molar-refractivity contribution in [2.24, 2.45) is 5.92 Å². The van der Waals surface area contributed by atoms with Gasteiger partial charge in [0.25, 0.3) is 5.91 Å². The van der Waals surface area contributed by atoms with Crippen molar-refractivity contribution in [3.63, 3.8) is 0 Å². The van der Waals surface area contributed by atoms with E-state index >= 15 is 0 Å². The maximum Gasteiger partial charge on any atom is 0.261 e. The number of ether oxygens (including phenoxy) is 1. The molecule has 4 rings (SSSR count). The van der Waals surface area contributed by atoms with Crippen LogP contribution in [0, 0.1) is 12.8 Å². The standard InChI is InChI=1S/C30H34N2O3/c1-20(2)30(34)32-16-15-24-13-14-26(18-27(24)28(32)25-11-6-5-7-12-25)35-22(4)29(33)31-19-23-10-8-9-21(3)17-23/h5-14,17-18,20,22,28H,15-16,19H2,1-4H3,(H,31,33)/t22-,28-/m1/s1. The Labute approximate surface area is 208 Å². The van der Waals surface area contributed by atoms with Gasteiger partial charge in [0.15, 0.2) is 6.10 Å². The lowest BCUT2D eigenvalue weighted by Crippen LogP contribution is -2.42. The first kappa shape index (κ1) is 24.5. The van der Waals surface area contributed by atoms with Gasteiger partial charge in [0.05, 0.1) is 6.04 Å². The Morgan fingerprint density at radius 1 is 1.00 bits per heavy atom. The second-order valence-corrected chi connectivity index (χ2v) is 9.58. The number of aryl methyl sites for hydroxylation is 1. The van der Waals surface area contributed by atoms with Crippen LogP contribution in [-0.4, -0.2) is 29.4 Å². The van der Waals surface area contributed by atoms with Gasteiger partial charge in [-0.15, -0.1) is 0 Å². The highest BCUT2D eigenvalue weighted by molar-refractivity contribution is 5.81. The van der Waals surface area contributed by atoms with E-state index in [2.05, 4.69) is 29.6 Å². The number of amides is 2. The van der Waals surface area contributed by atoms with Crippen LogP contribution in [-0.2, 0) is 22.6 Å². The van der Waals surface area contributed by atoms with Crippen molar-refractivity contribution in [1.82, 2.24) is 10.2 Å². The molecule has 3 aromatic carbocycles. The van der Waals surface area contributed by atoms with E-state index in [-0.39, 0.29) is 23.8 Å². The predicted molar refractivity (Wildman–Crippen MR) is 138 cm³/mol. The summed E-state index contributed by atoms with van der Waals surface area (Å²) < 4.78 is 6.07. The van der Waals surface area contributed by atoms with Gasteiger partial charge in [-0.05, 0) is 54.7 Å². The minimum Gasteiger partial charge on any atom is -0.481 e. The zero-order chi connectivity index (χ0) is 24.9. The smallest absolute Gasteiger partial charge is 0.261 e. The summed E-state index contributed by atoms with van der Waals surface area (Å²) in [6.07, 6.45) is 0.147. The predicted octanol–water partition coefficient (Wildman–Crippen LogP) is 5.21. The third-order valence-electron chi connectivity index (χ3n) is 6.47. The summed E-state index contributed by atoms with van der Waals surface area (Å²) in [5, 5.41) is 2.96. The molecule has 2 amide bonds. The minimum atomic E-state index is -0.648. The maximum absolute atomic E-state index is 13.1. The van der Waals surface area contributed by atoms with E-state index in [0.29, 0.717) is 18.8 Å². The number of hydrogen-bond donors (Lipinski definition) is 1. The monoisotopic (exact) mass is 470 g/mol. The maximum atomic E-state index is 13.1. The molecular weight excluding hydrogens is 436 g/mol. The molecule has 0 aliphatic carbocycles. The first-order chi connectivity index (χ1) is 16.8. The van der Waals surface area contributed by atoms with Crippen LogP contribution in [0.15, 0.2) is 72.8 Å². The zero-order valence-corrected chi connectivity index (χ0v) is 21.0. The molecule has 1 N–H and O–H groups in total. The molecule has 35 heavy (non-hydrogen) atoms. The molecular formula is C30H34N2O3. The average molecular weight is 471 g/mol. The number of carbonyl (C=O) groups excluding carboxylic acids is 2. The quantitative estimate of drug-likeness (QED) is 0.516. The van der Waals surface area contributed by atoms with E-state index in [1.165, 1.54) is 5.56 Å². The van der Waals surface area contributed by atoms with E-state index in [1.54, 1.807) is 6.92 Å². The Balaban J connectivity index is 1.54. The number of rotatable bonds is 7. The first-order valence-electron chi connectivity index (χ1n) is 12.3. The third-order valence-corrected chi connectivity index (χ3v) is 6.47. The number of nitrogens with one attached hydrogen (secondary N) is 1. The first-order valence-corrected chi connectivity index (χ1v) is 12.3. The summed E-state index contributed by atoms with van der Waals surface area (Å²) in [6, 6.07) is 24.0. The zero-order valence-electron chi connectivity index (χ0n) is 21.0. The van der Waals surface area contributed by atoms with Crippen molar-refractivity contribution in [3.8, 4) is 5.75 Å². The molecule has 3 aromatic rings. The molecule has 0 saturated carbocycles. The van der Waals surface area contributed by atoms with Crippen LogP contribution < -0.4 is 10.1 Å². The van der Waals surface area contributed by atoms with Gasteiger partial charge in [-0.1, -0.05) is 80.1 Å². The van der Waals surface area contributed by atoms with E-state index in [0.717, 1.165) is 28.7 Å². The largest absolute Gasteiger partial charge is 0.481 e. The normalized spacial score (nSPS) is 15.9.